The van der Waals surface area contributed by atoms with Crippen LogP contribution >= 0.6 is 0 Å². The van der Waals surface area contributed by atoms with Gasteiger partial charge in [0.15, 0.2) is 0 Å². The van der Waals surface area contributed by atoms with Crippen molar-refractivity contribution in [3.63, 3.8) is 0 Å². The van der Waals surface area contributed by atoms with Gasteiger partial charge in [-0.1, -0.05) is 97.3 Å². The maximum Gasteiger partial charge on any atom is 2.00 e. The standard InChI is InChI=1S/C46H48N4O.Pt/c1-27(2)33-20-21-47-44(24-33)49-42-17-12-11-14-40(42)41-19-18-36(26-43(41)49)51-37-23-34(28(3)4)22-35(25-37)50-32(10)45(31(9)48-50)46-38(29(5)6)15-13-16-39(46)30(7)8;/h11-24,27-30H,1-10H3;/q-2;+2. The average molecular weight is 868 g/mol. The quantitative estimate of drug-likeness (QED) is 0.136. The van der Waals surface area contributed by atoms with Crippen molar-refractivity contribution in [1.29, 1.82) is 0 Å². The Bertz CT molecular complexity index is 2370. The van der Waals surface area contributed by atoms with Crippen LogP contribution in [0, 0.1) is 26.0 Å². The van der Waals surface area contributed by atoms with Crippen molar-refractivity contribution in [2.24, 2.45) is 0 Å². The van der Waals surface area contributed by atoms with Crippen LogP contribution in [-0.2, 0) is 21.1 Å². The number of rotatable bonds is 9. The van der Waals surface area contributed by atoms with Gasteiger partial charge >= 0.3 is 21.1 Å². The molecule has 0 saturated heterocycles. The summed E-state index contributed by atoms with van der Waals surface area (Å²) in [5.74, 6) is 3.57. The van der Waals surface area contributed by atoms with Crippen LogP contribution in [0.2, 0.25) is 0 Å². The first kappa shape index (κ1) is 37.3. The van der Waals surface area contributed by atoms with Crippen molar-refractivity contribution < 1.29 is 25.8 Å². The maximum atomic E-state index is 6.67. The number of aryl methyl sites for hydroxylation is 1. The third-order valence-electron chi connectivity index (χ3n) is 10.1. The van der Waals surface area contributed by atoms with Crippen LogP contribution in [-0.4, -0.2) is 19.3 Å². The van der Waals surface area contributed by atoms with Gasteiger partial charge in [-0.2, -0.15) is 11.2 Å². The van der Waals surface area contributed by atoms with Gasteiger partial charge in [0.2, 0.25) is 0 Å². The molecule has 0 atom stereocenters. The van der Waals surface area contributed by atoms with Crippen LogP contribution < -0.4 is 4.74 Å². The molecule has 4 aromatic carbocycles. The Morgan fingerprint density at radius 3 is 2.00 bits per heavy atom. The fraction of sp³-hybridized carbons (Fsp3) is 0.304. The molecular formula is C46H48N4OPt. The summed E-state index contributed by atoms with van der Waals surface area (Å²) in [5.41, 5.74) is 12.6. The van der Waals surface area contributed by atoms with E-state index in [-0.39, 0.29) is 27.0 Å². The van der Waals surface area contributed by atoms with Gasteiger partial charge < -0.3 is 9.30 Å². The van der Waals surface area contributed by atoms with E-state index in [1.165, 1.54) is 27.8 Å². The van der Waals surface area contributed by atoms with E-state index < -0.39 is 0 Å². The molecule has 0 N–H and O–H groups in total. The van der Waals surface area contributed by atoms with Crippen LogP contribution in [0.25, 0.3) is 44.4 Å². The molecule has 0 aliphatic carbocycles. The Hall–Kier alpha value is -4.47. The molecular weight excluding hydrogens is 820 g/mol. The van der Waals surface area contributed by atoms with Gasteiger partial charge in [0.1, 0.15) is 5.82 Å². The van der Waals surface area contributed by atoms with Gasteiger partial charge in [-0.05, 0) is 89.0 Å². The summed E-state index contributed by atoms with van der Waals surface area (Å²) in [6.07, 6.45) is 1.90. The second-order valence-corrected chi connectivity index (χ2v) is 15.0. The zero-order valence-electron chi connectivity index (χ0n) is 31.9. The summed E-state index contributed by atoms with van der Waals surface area (Å²) < 4.78 is 10.9. The minimum atomic E-state index is 0. The van der Waals surface area contributed by atoms with Gasteiger partial charge in [0, 0.05) is 34.5 Å². The Labute approximate surface area is 323 Å². The second kappa shape index (κ2) is 14.9. The summed E-state index contributed by atoms with van der Waals surface area (Å²) in [6, 6.07) is 35.1. The van der Waals surface area contributed by atoms with E-state index in [1.54, 1.807) is 0 Å². The Morgan fingerprint density at radius 2 is 1.33 bits per heavy atom. The summed E-state index contributed by atoms with van der Waals surface area (Å²) in [6.45, 7) is 22.2. The fourth-order valence-corrected chi connectivity index (χ4v) is 7.34. The third kappa shape index (κ3) is 6.76. The molecule has 52 heavy (non-hydrogen) atoms. The van der Waals surface area contributed by atoms with Crippen molar-refractivity contribution in [1.82, 2.24) is 19.3 Å². The van der Waals surface area contributed by atoms with Crippen LogP contribution in [0.4, 0.5) is 0 Å². The largest absolute Gasteiger partial charge is 2.00 e. The van der Waals surface area contributed by atoms with Crippen LogP contribution in [0.3, 0.4) is 0 Å². The number of aromatic nitrogens is 4. The van der Waals surface area contributed by atoms with Crippen LogP contribution in [0.15, 0.2) is 85.1 Å². The molecule has 3 heterocycles. The van der Waals surface area contributed by atoms with E-state index in [0.29, 0.717) is 29.3 Å². The first-order valence-electron chi connectivity index (χ1n) is 18.3. The number of nitrogens with zero attached hydrogens (tertiary/aromatic N) is 4. The number of hydrogen-bond donors (Lipinski definition) is 0. The molecule has 0 spiro atoms. The predicted octanol–water partition coefficient (Wildman–Crippen LogP) is 12.5. The average Bonchev–Trinajstić information content (AvgIpc) is 3.59. The normalized spacial score (nSPS) is 11.8. The van der Waals surface area contributed by atoms with Gasteiger partial charge in [0.05, 0.1) is 5.69 Å². The molecule has 0 saturated carbocycles. The van der Waals surface area contributed by atoms with E-state index in [0.717, 1.165) is 50.3 Å². The molecule has 0 amide bonds. The molecule has 0 bridgehead atoms. The molecule has 7 rings (SSSR count). The van der Waals surface area contributed by atoms with Gasteiger partial charge in [0.25, 0.3) is 0 Å². The molecule has 0 radical (unpaired) electrons. The zero-order chi connectivity index (χ0) is 36.1. The summed E-state index contributed by atoms with van der Waals surface area (Å²) >= 11 is 0. The van der Waals surface area contributed by atoms with E-state index in [1.807, 2.05) is 16.9 Å². The second-order valence-electron chi connectivity index (χ2n) is 15.0. The Balaban J connectivity index is 0.00000464. The number of fused-ring (bicyclic) bond motifs is 3. The van der Waals surface area contributed by atoms with E-state index in [4.69, 9.17) is 14.8 Å². The number of benzene rings is 4. The van der Waals surface area contributed by atoms with E-state index in [2.05, 4.69) is 159 Å². The molecule has 7 aromatic rings. The first-order valence-corrected chi connectivity index (χ1v) is 18.3. The maximum absolute atomic E-state index is 6.67. The van der Waals surface area contributed by atoms with E-state index in [9.17, 15) is 0 Å². The molecule has 5 nitrogen and oxygen atoms in total. The summed E-state index contributed by atoms with van der Waals surface area (Å²) in [7, 11) is 0. The molecule has 0 aliphatic heterocycles. The van der Waals surface area contributed by atoms with Crippen LogP contribution in [0.1, 0.15) is 113 Å². The van der Waals surface area contributed by atoms with Crippen molar-refractivity contribution in [3.05, 3.63) is 131 Å². The van der Waals surface area contributed by atoms with Crippen molar-refractivity contribution in [2.75, 3.05) is 0 Å². The Kier molecular flexibility index (Phi) is 10.7. The number of pyridine rings is 1. The van der Waals surface area contributed by atoms with E-state index >= 15 is 0 Å². The van der Waals surface area contributed by atoms with Crippen molar-refractivity contribution in [3.8, 4) is 34.1 Å². The van der Waals surface area contributed by atoms with Gasteiger partial charge in [-0.15, -0.1) is 41.3 Å². The Morgan fingerprint density at radius 1 is 0.635 bits per heavy atom. The van der Waals surface area contributed by atoms with Crippen LogP contribution in [0.5, 0.6) is 11.5 Å². The first-order chi connectivity index (χ1) is 24.4. The number of hydrogen-bond acceptors (Lipinski definition) is 3. The minimum Gasteiger partial charge on any atom is -0.509 e. The summed E-state index contributed by atoms with van der Waals surface area (Å²) in [4.78, 5) is 4.81. The topological polar surface area (TPSA) is 44.9 Å². The van der Waals surface area contributed by atoms with Gasteiger partial charge in [-0.3, -0.25) is 4.68 Å². The monoisotopic (exact) mass is 867 g/mol. The molecule has 3 aromatic heterocycles. The SMILES string of the molecule is Cc1nn(-c2[c-]c(Oc3[c-]c4c(cc3)c3ccccc3n4-c3cc(C(C)C)ccn3)cc(C(C)C)c2)c(C)c1-c1c(C(C)C)cccc1C(C)C.[Pt+2]. The third-order valence-corrected chi connectivity index (χ3v) is 10.1. The minimum absolute atomic E-state index is 0. The fourth-order valence-electron chi connectivity index (χ4n) is 7.34. The molecule has 0 unspecified atom stereocenters. The zero-order valence-corrected chi connectivity index (χ0v) is 34.2. The molecule has 0 fully saturated rings. The van der Waals surface area contributed by atoms with Crippen molar-refractivity contribution in [2.45, 2.75) is 92.9 Å². The predicted molar refractivity (Wildman–Crippen MR) is 211 cm³/mol. The molecule has 0 aliphatic rings. The molecule has 6 heteroatoms. The number of para-hydroxylation sites is 1. The van der Waals surface area contributed by atoms with Gasteiger partial charge in [-0.25, -0.2) is 4.98 Å². The molecule has 268 valence electrons. The smallest absolute Gasteiger partial charge is 0.509 e. The summed E-state index contributed by atoms with van der Waals surface area (Å²) in [5, 5.41) is 7.41. The number of ether oxygens (including phenoxy) is 1. The van der Waals surface area contributed by atoms with Crippen molar-refractivity contribution >= 4 is 21.8 Å².